The van der Waals surface area contributed by atoms with Gasteiger partial charge in [-0.15, -0.1) is 0 Å². The van der Waals surface area contributed by atoms with E-state index in [0.717, 1.165) is 21.9 Å². The summed E-state index contributed by atoms with van der Waals surface area (Å²) in [6.07, 6.45) is -0.702. The van der Waals surface area contributed by atoms with Crippen molar-refractivity contribution in [3.05, 3.63) is 83.9 Å². The highest BCUT2D eigenvalue weighted by Crippen LogP contribution is 2.19. The van der Waals surface area contributed by atoms with Crippen LogP contribution < -0.4 is 16.4 Å². The fourth-order valence-corrected chi connectivity index (χ4v) is 3.29. The lowest BCUT2D eigenvalue weighted by Crippen LogP contribution is -2.54. The Morgan fingerprint density at radius 2 is 1.56 bits per heavy atom. The van der Waals surface area contributed by atoms with E-state index < -0.39 is 36.6 Å². The van der Waals surface area contributed by atoms with Gasteiger partial charge in [0.2, 0.25) is 11.8 Å². The first kappa shape index (κ1) is 22.8. The summed E-state index contributed by atoms with van der Waals surface area (Å²) in [5.74, 6) is -1.47. The summed E-state index contributed by atoms with van der Waals surface area (Å²) >= 11 is 0. The van der Waals surface area contributed by atoms with Gasteiger partial charge in [0.15, 0.2) is 0 Å². The van der Waals surface area contributed by atoms with Crippen LogP contribution in [0.1, 0.15) is 11.1 Å². The zero-order valence-electron chi connectivity index (χ0n) is 17.4. The number of rotatable bonds is 9. The number of benzene rings is 3. The molecule has 0 unspecified atom stereocenters. The van der Waals surface area contributed by atoms with Gasteiger partial charge in [-0.05, 0) is 21.9 Å². The second kappa shape index (κ2) is 10.9. The number of primary amides is 1. The monoisotopic (exact) mass is 435 g/mol. The third kappa shape index (κ3) is 6.05. The summed E-state index contributed by atoms with van der Waals surface area (Å²) in [6, 6.07) is 20.0. The predicted octanol–water partition coefficient (Wildman–Crippen LogP) is 1.64. The van der Waals surface area contributed by atoms with E-state index in [9.17, 15) is 19.5 Å². The molecule has 0 fully saturated rings. The first-order chi connectivity index (χ1) is 15.5. The Balaban J connectivity index is 1.62. The number of nitrogens with two attached hydrogens (primary N) is 1. The van der Waals surface area contributed by atoms with Gasteiger partial charge >= 0.3 is 6.09 Å². The van der Waals surface area contributed by atoms with Crippen LogP contribution in [-0.4, -0.2) is 41.7 Å². The van der Waals surface area contributed by atoms with Crippen molar-refractivity contribution in [2.24, 2.45) is 5.73 Å². The molecule has 0 spiro atoms. The third-order valence-electron chi connectivity index (χ3n) is 4.97. The van der Waals surface area contributed by atoms with Crippen LogP contribution in [0.25, 0.3) is 10.8 Å². The van der Waals surface area contributed by atoms with E-state index >= 15 is 0 Å². The lowest BCUT2D eigenvalue weighted by Gasteiger charge is -2.21. The normalized spacial score (nSPS) is 12.5. The molecule has 0 aliphatic heterocycles. The van der Waals surface area contributed by atoms with E-state index in [2.05, 4.69) is 10.6 Å². The minimum atomic E-state index is -1.30. The first-order valence-corrected chi connectivity index (χ1v) is 10.1. The molecule has 5 N–H and O–H groups in total. The second-order valence-electron chi connectivity index (χ2n) is 7.25. The maximum atomic E-state index is 12.6. The molecule has 32 heavy (non-hydrogen) atoms. The maximum Gasteiger partial charge on any atom is 0.408 e. The van der Waals surface area contributed by atoms with Gasteiger partial charge in [-0.1, -0.05) is 72.8 Å². The van der Waals surface area contributed by atoms with E-state index in [1.807, 2.05) is 48.5 Å². The summed E-state index contributed by atoms with van der Waals surface area (Å²) in [6.45, 7) is -0.663. The quantitative estimate of drug-likeness (QED) is 0.406. The van der Waals surface area contributed by atoms with Crippen LogP contribution in [0, 0.1) is 0 Å². The van der Waals surface area contributed by atoms with E-state index in [-0.39, 0.29) is 13.0 Å². The molecular weight excluding hydrogens is 410 g/mol. The number of ether oxygens (including phenoxy) is 1. The summed E-state index contributed by atoms with van der Waals surface area (Å²) in [5, 5.41) is 16.3. The number of aliphatic hydroxyl groups is 1. The topological polar surface area (TPSA) is 131 Å². The SMILES string of the molecule is NC(=O)[C@H](Cc1cccc2ccccc12)NC(=O)[C@H](CO)NC(=O)OCc1ccccc1. The Morgan fingerprint density at radius 3 is 2.28 bits per heavy atom. The molecule has 0 radical (unpaired) electrons. The van der Waals surface area contributed by atoms with Crippen molar-refractivity contribution in [3.8, 4) is 0 Å². The summed E-state index contributed by atoms with van der Waals surface area (Å²) < 4.78 is 5.07. The summed E-state index contributed by atoms with van der Waals surface area (Å²) in [4.78, 5) is 36.6. The van der Waals surface area contributed by atoms with Crippen LogP contribution in [0.3, 0.4) is 0 Å². The molecule has 0 aromatic heterocycles. The summed E-state index contributed by atoms with van der Waals surface area (Å²) in [7, 11) is 0. The van der Waals surface area contributed by atoms with Crippen molar-refractivity contribution in [2.75, 3.05) is 6.61 Å². The number of fused-ring (bicyclic) bond motifs is 1. The van der Waals surface area contributed by atoms with Crippen molar-refractivity contribution in [1.82, 2.24) is 10.6 Å². The Kier molecular flexibility index (Phi) is 7.77. The van der Waals surface area contributed by atoms with E-state index in [1.165, 1.54) is 0 Å². The van der Waals surface area contributed by atoms with Crippen LogP contribution in [0.4, 0.5) is 4.79 Å². The van der Waals surface area contributed by atoms with Gasteiger partial charge in [0.25, 0.3) is 0 Å². The zero-order valence-corrected chi connectivity index (χ0v) is 17.4. The molecule has 0 heterocycles. The molecule has 0 aliphatic rings. The molecule has 3 amide bonds. The molecule has 3 aromatic rings. The standard InChI is InChI=1S/C24H25N3O5/c25-22(29)20(13-18-11-6-10-17-9-4-5-12-19(17)18)26-23(30)21(14-28)27-24(31)32-15-16-7-2-1-3-8-16/h1-12,20-21,28H,13-15H2,(H2,25,29)(H,26,30)(H,27,31)/t20-,21-/m0/s1. The van der Waals surface area contributed by atoms with Crippen molar-refractivity contribution < 1.29 is 24.2 Å². The van der Waals surface area contributed by atoms with Crippen LogP contribution in [0.2, 0.25) is 0 Å². The molecule has 0 saturated carbocycles. The number of hydrogen-bond donors (Lipinski definition) is 4. The minimum Gasteiger partial charge on any atom is -0.445 e. The first-order valence-electron chi connectivity index (χ1n) is 10.1. The van der Waals surface area contributed by atoms with Gasteiger partial charge in [-0.3, -0.25) is 9.59 Å². The molecule has 166 valence electrons. The highest BCUT2D eigenvalue weighted by Gasteiger charge is 2.26. The van der Waals surface area contributed by atoms with Gasteiger partial charge in [0, 0.05) is 6.42 Å². The maximum absolute atomic E-state index is 12.6. The molecule has 0 aliphatic carbocycles. The van der Waals surface area contributed by atoms with E-state index in [1.54, 1.807) is 24.3 Å². The molecule has 3 aromatic carbocycles. The Bertz CT molecular complexity index is 1080. The molecule has 8 nitrogen and oxygen atoms in total. The van der Waals surface area contributed by atoms with Crippen molar-refractivity contribution in [2.45, 2.75) is 25.1 Å². The fourth-order valence-electron chi connectivity index (χ4n) is 3.29. The largest absolute Gasteiger partial charge is 0.445 e. The molecule has 3 rings (SSSR count). The smallest absolute Gasteiger partial charge is 0.408 e. The van der Waals surface area contributed by atoms with Crippen LogP contribution in [-0.2, 0) is 27.4 Å². The highest BCUT2D eigenvalue weighted by atomic mass is 16.5. The molecule has 0 saturated heterocycles. The lowest BCUT2D eigenvalue weighted by molar-refractivity contribution is -0.129. The molecular formula is C24H25N3O5. The van der Waals surface area contributed by atoms with Gasteiger partial charge in [0.1, 0.15) is 18.7 Å². The average Bonchev–Trinajstić information content (AvgIpc) is 2.81. The predicted molar refractivity (Wildman–Crippen MR) is 119 cm³/mol. The van der Waals surface area contributed by atoms with Crippen molar-refractivity contribution in [1.29, 1.82) is 0 Å². The number of carbonyl (C=O) groups excluding carboxylic acids is 3. The number of amides is 3. The Hall–Kier alpha value is -3.91. The Morgan fingerprint density at radius 1 is 0.875 bits per heavy atom. The van der Waals surface area contributed by atoms with Crippen molar-refractivity contribution >= 4 is 28.7 Å². The zero-order chi connectivity index (χ0) is 22.9. The lowest BCUT2D eigenvalue weighted by atomic mass is 9.98. The Labute approximate surface area is 185 Å². The van der Waals surface area contributed by atoms with Gasteiger partial charge in [-0.2, -0.15) is 0 Å². The summed E-state index contributed by atoms with van der Waals surface area (Å²) in [5.41, 5.74) is 7.11. The van der Waals surface area contributed by atoms with E-state index in [0.29, 0.717) is 0 Å². The van der Waals surface area contributed by atoms with Crippen LogP contribution in [0.5, 0.6) is 0 Å². The average molecular weight is 435 g/mol. The number of alkyl carbamates (subject to hydrolysis) is 1. The third-order valence-corrected chi connectivity index (χ3v) is 4.97. The number of carbonyl (C=O) groups is 3. The number of aliphatic hydroxyl groups excluding tert-OH is 1. The van der Waals surface area contributed by atoms with Crippen molar-refractivity contribution in [3.63, 3.8) is 0 Å². The second-order valence-corrected chi connectivity index (χ2v) is 7.25. The van der Waals surface area contributed by atoms with Gasteiger partial charge < -0.3 is 26.2 Å². The molecule has 0 bridgehead atoms. The number of hydrogen-bond acceptors (Lipinski definition) is 5. The molecule has 2 atom stereocenters. The van der Waals surface area contributed by atoms with Crippen LogP contribution in [0.15, 0.2) is 72.8 Å². The highest BCUT2D eigenvalue weighted by molar-refractivity contribution is 5.92. The minimum absolute atomic E-state index is 0.0113. The number of nitrogens with one attached hydrogen (secondary N) is 2. The van der Waals surface area contributed by atoms with E-state index in [4.69, 9.17) is 10.5 Å². The molecule has 8 heteroatoms. The fraction of sp³-hybridized carbons (Fsp3) is 0.208. The van der Waals surface area contributed by atoms with Gasteiger partial charge in [-0.25, -0.2) is 4.79 Å². The van der Waals surface area contributed by atoms with Gasteiger partial charge in [0.05, 0.1) is 6.61 Å². The van der Waals surface area contributed by atoms with Crippen LogP contribution >= 0.6 is 0 Å².